The Bertz CT molecular complexity index is 1300. The Labute approximate surface area is 171 Å². The fraction of sp³-hybridized carbons (Fsp3) is 0.0870. The van der Waals surface area contributed by atoms with Crippen LogP contribution in [0.3, 0.4) is 0 Å². The van der Waals surface area contributed by atoms with Gasteiger partial charge in [-0.15, -0.1) is 0 Å². The highest BCUT2D eigenvalue weighted by Gasteiger charge is 2.23. The largest absolute Gasteiger partial charge is 0.273 e. The zero-order valence-corrected chi connectivity index (χ0v) is 16.0. The minimum Gasteiger partial charge on any atom is -0.267 e. The molecule has 142 valence electrons. The minimum absolute atomic E-state index is 0.0833. The molecule has 0 radical (unpaired) electrons. The van der Waals surface area contributed by atoms with Crippen LogP contribution in [-0.4, -0.2) is 9.78 Å². The SMILES string of the molecule is N#CC(c1cccc(F)c1)c1c(Cl)cnn(Cc2cccc3ccccc23)c1=O. The van der Waals surface area contributed by atoms with E-state index < -0.39 is 17.3 Å². The average molecular weight is 404 g/mol. The Balaban J connectivity index is 1.81. The lowest BCUT2D eigenvalue weighted by Gasteiger charge is -2.14. The summed E-state index contributed by atoms with van der Waals surface area (Å²) in [6, 6.07) is 21.4. The summed E-state index contributed by atoms with van der Waals surface area (Å²) >= 11 is 6.24. The van der Waals surface area contributed by atoms with E-state index in [0.29, 0.717) is 5.56 Å². The van der Waals surface area contributed by atoms with Crippen LogP contribution >= 0.6 is 11.6 Å². The highest BCUT2D eigenvalue weighted by Crippen LogP contribution is 2.27. The molecule has 4 aromatic rings. The van der Waals surface area contributed by atoms with Crippen LogP contribution in [0.1, 0.15) is 22.6 Å². The first kappa shape index (κ1) is 18.9. The molecule has 29 heavy (non-hydrogen) atoms. The van der Waals surface area contributed by atoms with E-state index in [1.165, 1.54) is 29.1 Å². The normalized spacial score (nSPS) is 11.9. The van der Waals surface area contributed by atoms with Crippen molar-refractivity contribution in [1.29, 1.82) is 5.26 Å². The Morgan fingerprint density at radius 3 is 2.66 bits per heavy atom. The zero-order valence-electron chi connectivity index (χ0n) is 15.2. The van der Waals surface area contributed by atoms with E-state index in [1.54, 1.807) is 6.07 Å². The standard InChI is InChI=1S/C23H15ClFN3O/c24-21-13-27-28(14-17-8-3-6-15-5-1-2-10-19(15)17)23(29)22(21)20(12-26)16-7-4-9-18(25)11-16/h1-11,13,20H,14H2. The summed E-state index contributed by atoms with van der Waals surface area (Å²) in [5.74, 6) is -1.48. The quantitative estimate of drug-likeness (QED) is 0.487. The number of nitriles is 1. The molecule has 4 nitrogen and oxygen atoms in total. The van der Waals surface area contributed by atoms with Gasteiger partial charge in [0.2, 0.25) is 0 Å². The molecule has 3 aromatic carbocycles. The fourth-order valence-electron chi connectivity index (χ4n) is 3.44. The third-order valence-corrected chi connectivity index (χ3v) is 5.13. The summed E-state index contributed by atoms with van der Waals surface area (Å²) in [5, 5.41) is 16.0. The predicted octanol–water partition coefficient (Wildman–Crippen LogP) is 4.89. The molecule has 0 spiro atoms. The van der Waals surface area contributed by atoms with Gasteiger partial charge in [-0.3, -0.25) is 4.79 Å². The van der Waals surface area contributed by atoms with Gasteiger partial charge in [0.25, 0.3) is 5.56 Å². The molecule has 1 heterocycles. The maximum Gasteiger partial charge on any atom is 0.273 e. The summed E-state index contributed by atoms with van der Waals surface area (Å²) in [5.41, 5.74) is 0.913. The van der Waals surface area contributed by atoms with E-state index in [9.17, 15) is 14.4 Å². The Hall–Kier alpha value is -3.49. The van der Waals surface area contributed by atoms with Gasteiger partial charge >= 0.3 is 0 Å². The summed E-state index contributed by atoms with van der Waals surface area (Å²) in [7, 11) is 0. The molecule has 0 saturated heterocycles. The van der Waals surface area contributed by atoms with Crippen molar-refractivity contribution in [2.75, 3.05) is 0 Å². The van der Waals surface area contributed by atoms with Crippen molar-refractivity contribution < 1.29 is 4.39 Å². The highest BCUT2D eigenvalue weighted by molar-refractivity contribution is 6.31. The van der Waals surface area contributed by atoms with E-state index in [2.05, 4.69) is 11.2 Å². The first-order chi connectivity index (χ1) is 14.1. The third-order valence-electron chi connectivity index (χ3n) is 4.83. The van der Waals surface area contributed by atoms with Gasteiger partial charge in [-0.25, -0.2) is 9.07 Å². The molecule has 0 fully saturated rings. The number of hydrogen-bond donors (Lipinski definition) is 0. The lowest BCUT2D eigenvalue weighted by atomic mass is 9.93. The van der Waals surface area contributed by atoms with Crippen molar-refractivity contribution >= 4 is 22.4 Å². The van der Waals surface area contributed by atoms with Crippen LogP contribution < -0.4 is 5.56 Å². The molecule has 1 unspecified atom stereocenters. The van der Waals surface area contributed by atoms with Crippen LogP contribution in [0.5, 0.6) is 0 Å². The number of nitrogens with zero attached hydrogens (tertiary/aromatic N) is 3. The molecule has 0 aliphatic heterocycles. The molecular formula is C23H15ClFN3O. The van der Waals surface area contributed by atoms with Crippen molar-refractivity contribution in [3.05, 3.63) is 111 Å². The van der Waals surface area contributed by atoms with E-state index in [0.717, 1.165) is 16.3 Å². The lowest BCUT2D eigenvalue weighted by Crippen LogP contribution is -2.28. The van der Waals surface area contributed by atoms with Crippen LogP contribution in [0.4, 0.5) is 4.39 Å². The first-order valence-corrected chi connectivity index (χ1v) is 9.33. The Morgan fingerprint density at radius 2 is 1.86 bits per heavy atom. The van der Waals surface area contributed by atoms with Crippen LogP contribution in [0.2, 0.25) is 5.02 Å². The second-order valence-electron chi connectivity index (χ2n) is 6.62. The van der Waals surface area contributed by atoms with E-state index in [4.69, 9.17) is 11.6 Å². The number of rotatable bonds is 4. The highest BCUT2D eigenvalue weighted by atomic mass is 35.5. The van der Waals surface area contributed by atoms with Gasteiger partial charge in [-0.05, 0) is 34.0 Å². The number of benzene rings is 3. The molecule has 0 bridgehead atoms. The molecule has 1 atom stereocenters. The zero-order chi connectivity index (χ0) is 20.4. The van der Waals surface area contributed by atoms with Crippen molar-refractivity contribution in [1.82, 2.24) is 9.78 Å². The van der Waals surface area contributed by atoms with E-state index >= 15 is 0 Å². The average Bonchev–Trinajstić information content (AvgIpc) is 2.73. The number of halogens is 2. The van der Waals surface area contributed by atoms with E-state index in [-0.39, 0.29) is 17.1 Å². The van der Waals surface area contributed by atoms with Crippen LogP contribution in [0.25, 0.3) is 10.8 Å². The number of hydrogen-bond acceptors (Lipinski definition) is 3. The molecule has 4 rings (SSSR count). The number of fused-ring (bicyclic) bond motifs is 1. The smallest absolute Gasteiger partial charge is 0.267 e. The summed E-state index contributed by atoms with van der Waals surface area (Å²) in [6.45, 7) is 0.228. The van der Waals surface area contributed by atoms with E-state index in [1.807, 2.05) is 42.5 Å². The maximum atomic E-state index is 13.7. The second-order valence-corrected chi connectivity index (χ2v) is 7.03. The van der Waals surface area contributed by atoms with Crippen molar-refractivity contribution in [2.24, 2.45) is 0 Å². The molecule has 0 aliphatic carbocycles. The topological polar surface area (TPSA) is 58.7 Å². The Kier molecular flexibility index (Phi) is 5.11. The van der Waals surface area contributed by atoms with Gasteiger partial charge in [0, 0.05) is 0 Å². The van der Waals surface area contributed by atoms with Crippen LogP contribution in [0.15, 0.2) is 77.7 Å². The first-order valence-electron chi connectivity index (χ1n) is 8.95. The fourth-order valence-corrected chi connectivity index (χ4v) is 3.67. The van der Waals surface area contributed by atoms with Crippen molar-refractivity contribution in [2.45, 2.75) is 12.5 Å². The van der Waals surface area contributed by atoms with Crippen molar-refractivity contribution in [3.63, 3.8) is 0 Å². The third kappa shape index (κ3) is 3.63. The van der Waals surface area contributed by atoms with Gasteiger partial charge in [-0.1, -0.05) is 66.2 Å². The lowest BCUT2D eigenvalue weighted by molar-refractivity contribution is 0.621. The monoisotopic (exact) mass is 403 g/mol. The van der Waals surface area contributed by atoms with Gasteiger partial charge in [0.15, 0.2) is 0 Å². The van der Waals surface area contributed by atoms with Crippen molar-refractivity contribution in [3.8, 4) is 6.07 Å². The molecule has 1 aromatic heterocycles. The van der Waals surface area contributed by atoms with Crippen LogP contribution in [0, 0.1) is 17.1 Å². The molecule has 6 heteroatoms. The molecule has 0 saturated carbocycles. The summed E-state index contributed by atoms with van der Waals surface area (Å²) < 4.78 is 14.9. The summed E-state index contributed by atoms with van der Waals surface area (Å²) in [4.78, 5) is 13.2. The molecular weight excluding hydrogens is 389 g/mol. The van der Waals surface area contributed by atoms with Crippen LogP contribution in [-0.2, 0) is 6.54 Å². The molecule has 0 amide bonds. The second kappa shape index (κ2) is 7.86. The predicted molar refractivity (Wildman–Crippen MR) is 110 cm³/mol. The van der Waals surface area contributed by atoms with Gasteiger partial charge in [0.05, 0.1) is 29.4 Å². The number of aromatic nitrogens is 2. The van der Waals surface area contributed by atoms with Gasteiger partial charge < -0.3 is 0 Å². The minimum atomic E-state index is -0.993. The molecule has 0 N–H and O–H groups in total. The Morgan fingerprint density at radius 1 is 1.10 bits per heavy atom. The molecule has 0 aliphatic rings. The van der Waals surface area contributed by atoms with Gasteiger partial charge in [0.1, 0.15) is 11.7 Å². The maximum absolute atomic E-state index is 13.7. The summed E-state index contributed by atoms with van der Waals surface area (Å²) in [6.07, 6.45) is 1.35. The van der Waals surface area contributed by atoms with Gasteiger partial charge in [-0.2, -0.15) is 10.4 Å².